The van der Waals surface area contributed by atoms with Gasteiger partial charge in [-0.1, -0.05) is 0 Å². The Kier molecular flexibility index (Phi) is 4.95. The highest BCUT2D eigenvalue weighted by atomic mass is 17.5. The highest BCUT2D eigenvalue weighted by Gasteiger charge is 1.90. The van der Waals surface area contributed by atoms with E-state index in [0.29, 0.717) is 6.61 Å². The van der Waals surface area contributed by atoms with E-state index in [9.17, 15) is 0 Å². The first-order valence-electron chi connectivity index (χ1n) is 2.50. The predicted molar refractivity (Wildman–Crippen MR) is 29.9 cm³/mol. The third kappa shape index (κ3) is 5.13. The zero-order chi connectivity index (χ0) is 7.11. The van der Waals surface area contributed by atoms with Crippen molar-refractivity contribution < 1.29 is 19.6 Å². The van der Waals surface area contributed by atoms with Crippen molar-refractivity contribution in [3.8, 4) is 0 Å². The quantitative estimate of drug-likeness (QED) is 0.243. The van der Waals surface area contributed by atoms with Crippen LogP contribution in [0.5, 0.6) is 0 Å². The Morgan fingerprint density at radius 2 is 2.22 bits per heavy atom. The molecule has 0 aliphatic rings. The van der Waals surface area contributed by atoms with Gasteiger partial charge in [0.1, 0.15) is 0 Å². The predicted octanol–water partition coefficient (Wildman–Crippen LogP) is 1.00. The van der Waals surface area contributed by atoms with Crippen molar-refractivity contribution >= 4 is 0 Å². The fourth-order valence-corrected chi connectivity index (χ4v) is 0.144. The molecule has 0 bridgehead atoms. The average Bonchev–Trinajstić information content (AvgIpc) is 1.89. The smallest absolute Gasteiger partial charge is 0.312 e. The highest BCUT2D eigenvalue weighted by molar-refractivity contribution is 4.61. The molecule has 0 N–H and O–H groups in total. The van der Waals surface area contributed by atoms with Crippen LogP contribution in [-0.2, 0) is 19.6 Å². The number of methoxy groups -OCH3 is 1. The molecule has 0 amide bonds. The molecule has 0 heterocycles. The third-order valence-electron chi connectivity index (χ3n) is 0.521. The van der Waals surface area contributed by atoms with E-state index in [4.69, 9.17) is 0 Å². The fourth-order valence-electron chi connectivity index (χ4n) is 0.144. The maximum atomic E-state index is 4.48. The molecule has 4 heteroatoms. The van der Waals surface area contributed by atoms with Crippen LogP contribution in [0, 0.1) is 0 Å². The van der Waals surface area contributed by atoms with Gasteiger partial charge in [-0.05, 0) is 18.5 Å². The van der Waals surface area contributed by atoms with Crippen molar-refractivity contribution in [2.45, 2.75) is 6.92 Å². The lowest BCUT2D eigenvalue weighted by Gasteiger charge is -2.01. The topological polar surface area (TPSA) is 36.9 Å². The van der Waals surface area contributed by atoms with Crippen LogP contribution in [-0.4, -0.2) is 13.7 Å². The molecule has 54 valence electrons. The van der Waals surface area contributed by atoms with Crippen LogP contribution in [0.1, 0.15) is 6.92 Å². The van der Waals surface area contributed by atoms with Crippen LogP contribution in [0.4, 0.5) is 0 Å². The molecule has 0 spiro atoms. The Balaban J connectivity index is 2.97. The van der Waals surface area contributed by atoms with E-state index in [2.05, 4.69) is 26.1 Å². The van der Waals surface area contributed by atoms with Crippen LogP contribution in [0.15, 0.2) is 12.5 Å². The number of hydrogen-bond donors (Lipinski definition) is 0. The highest BCUT2D eigenvalue weighted by Crippen LogP contribution is 1.93. The summed E-state index contributed by atoms with van der Waals surface area (Å²) in [6, 6.07) is 0. The summed E-state index contributed by atoms with van der Waals surface area (Å²) in [5.41, 5.74) is 0. The lowest BCUT2D eigenvalue weighted by Crippen LogP contribution is -1.96. The molecule has 0 saturated carbocycles. The van der Waals surface area contributed by atoms with Gasteiger partial charge in [-0.3, -0.25) is 4.89 Å². The van der Waals surface area contributed by atoms with Crippen LogP contribution >= 0.6 is 0 Å². The van der Waals surface area contributed by atoms with Crippen molar-refractivity contribution in [2.75, 3.05) is 13.7 Å². The second-order valence-corrected chi connectivity index (χ2v) is 1.13. The van der Waals surface area contributed by atoms with Gasteiger partial charge in [0, 0.05) is 0 Å². The Bertz CT molecular complexity index is 81.0. The summed E-state index contributed by atoms with van der Waals surface area (Å²) in [5, 5.41) is 4.11. The summed E-state index contributed by atoms with van der Waals surface area (Å²) in [6.07, 6.45) is 0. The Morgan fingerprint density at radius 1 is 1.56 bits per heavy atom. The largest absolute Gasteiger partial charge is 0.467 e. The Hall–Kier alpha value is -0.740. The molecule has 0 rings (SSSR count). The molecule has 9 heavy (non-hydrogen) atoms. The molecule has 0 aromatic heterocycles. The Morgan fingerprint density at radius 3 is 2.67 bits per heavy atom. The van der Waals surface area contributed by atoms with Gasteiger partial charge < -0.3 is 4.74 Å². The maximum absolute atomic E-state index is 4.48. The van der Waals surface area contributed by atoms with Gasteiger partial charge >= 0.3 is 5.95 Å². The molecular formula is C5H10O4. The van der Waals surface area contributed by atoms with Crippen LogP contribution in [0.25, 0.3) is 0 Å². The second kappa shape index (κ2) is 5.40. The minimum atomic E-state index is 0.0588. The zero-order valence-corrected chi connectivity index (χ0v) is 5.55. The van der Waals surface area contributed by atoms with E-state index in [1.807, 2.05) is 0 Å². The molecule has 0 aliphatic carbocycles. The van der Waals surface area contributed by atoms with Crippen molar-refractivity contribution in [1.82, 2.24) is 0 Å². The van der Waals surface area contributed by atoms with Gasteiger partial charge in [-0.15, -0.1) is 0 Å². The number of rotatable bonds is 5. The van der Waals surface area contributed by atoms with Crippen molar-refractivity contribution in [3.05, 3.63) is 12.5 Å². The first-order valence-corrected chi connectivity index (χ1v) is 2.50. The molecule has 4 nitrogen and oxygen atoms in total. The number of ether oxygens (including phenoxy) is 1. The normalized spacial score (nSPS) is 8.67. The van der Waals surface area contributed by atoms with E-state index in [1.54, 1.807) is 6.92 Å². The number of hydrogen-bond acceptors (Lipinski definition) is 4. The molecule has 0 fully saturated rings. The van der Waals surface area contributed by atoms with Gasteiger partial charge in [0.2, 0.25) is 0 Å². The summed E-state index contributed by atoms with van der Waals surface area (Å²) >= 11 is 0. The third-order valence-corrected chi connectivity index (χ3v) is 0.521. The first-order chi connectivity index (χ1) is 4.31. The van der Waals surface area contributed by atoms with E-state index < -0.39 is 0 Å². The summed E-state index contributed by atoms with van der Waals surface area (Å²) in [5.74, 6) is 0.0588. The van der Waals surface area contributed by atoms with Gasteiger partial charge in [0.15, 0.2) is 0 Å². The van der Waals surface area contributed by atoms with E-state index in [0.717, 1.165) is 0 Å². The van der Waals surface area contributed by atoms with Crippen LogP contribution in [0.2, 0.25) is 0 Å². The van der Waals surface area contributed by atoms with E-state index in [-0.39, 0.29) is 5.95 Å². The van der Waals surface area contributed by atoms with E-state index in [1.165, 1.54) is 7.11 Å². The molecule has 0 aliphatic heterocycles. The van der Waals surface area contributed by atoms with Crippen molar-refractivity contribution in [2.24, 2.45) is 0 Å². The first kappa shape index (κ1) is 8.26. The van der Waals surface area contributed by atoms with Gasteiger partial charge in [0.25, 0.3) is 0 Å². The molecule has 0 aromatic rings. The summed E-state index contributed by atoms with van der Waals surface area (Å²) in [6.45, 7) is 5.47. The average molecular weight is 134 g/mol. The second-order valence-electron chi connectivity index (χ2n) is 1.13. The fraction of sp³-hybridized carbons (Fsp3) is 0.600. The molecule has 0 saturated heterocycles. The van der Waals surface area contributed by atoms with Gasteiger partial charge in [-0.2, -0.15) is 4.89 Å². The summed E-state index contributed by atoms with van der Waals surface area (Å²) < 4.78 is 4.48. The van der Waals surface area contributed by atoms with Crippen molar-refractivity contribution in [1.29, 1.82) is 0 Å². The van der Waals surface area contributed by atoms with Gasteiger partial charge in [0.05, 0.1) is 13.7 Å². The van der Waals surface area contributed by atoms with E-state index >= 15 is 0 Å². The standard InChI is InChI=1S/C5H10O4/c1-4-7-9-8-5(2)6-3/h2,4H2,1,3H3. The summed E-state index contributed by atoms with van der Waals surface area (Å²) in [4.78, 5) is 8.64. The molecule has 0 aromatic carbocycles. The SMILES string of the molecule is C=C(OC)OOOCC. The van der Waals surface area contributed by atoms with Crippen LogP contribution in [0.3, 0.4) is 0 Å². The van der Waals surface area contributed by atoms with Crippen molar-refractivity contribution in [3.63, 3.8) is 0 Å². The summed E-state index contributed by atoms with van der Waals surface area (Å²) in [7, 11) is 1.41. The van der Waals surface area contributed by atoms with Gasteiger partial charge in [-0.25, -0.2) is 0 Å². The van der Waals surface area contributed by atoms with Crippen LogP contribution < -0.4 is 0 Å². The lowest BCUT2D eigenvalue weighted by molar-refractivity contribution is -0.504. The molecule has 0 unspecified atom stereocenters. The lowest BCUT2D eigenvalue weighted by atomic mass is 10.9. The minimum absolute atomic E-state index is 0.0588. The molecule has 0 radical (unpaired) electrons. The molecule has 0 atom stereocenters. The Labute approximate surface area is 53.8 Å². The maximum Gasteiger partial charge on any atom is 0.312 e. The molecular weight excluding hydrogens is 124 g/mol. The monoisotopic (exact) mass is 134 g/mol. The zero-order valence-electron chi connectivity index (χ0n) is 5.55. The minimum Gasteiger partial charge on any atom is -0.467 e.